The van der Waals surface area contributed by atoms with E-state index in [1.165, 1.54) is 12.1 Å². The van der Waals surface area contributed by atoms with E-state index in [1.807, 2.05) is 0 Å². The van der Waals surface area contributed by atoms with E-state index in [0.29, 0.717) is 11.1 Å². The number of oxime groups is 1. The van der Waals surface area contributed by atoms with Crippen molar-refractivity contribution in [3.63, 3.8) is 0 Å². The molecule has 1 aliphatic rings. The second-order valence-electron chi connectivity index (χ2n) is 7.72. The molecule has 3 rings (SSSR count). The number of halogens is 4. The summed E-state index contributed by atoms with van der Waals surface area (Å²) in [6.07, 6.45) is 1.20. The van der Waals surface area contributed by atoms with E-state index in [-0.39, 0.29) is 23.7 Å². The van der Waals surface area contributed by atoms with E-state index in [2.05, 4.69) is 11.9 Å². The summed E-state index contributed by atoms with van der Waals surface area (Å²) in [5, 5.41) is 12.5. The Kier molecular flexibility index (Phi) is 7.33. The normalized spacial score (nSPS) is 15.4. The van der Waals surface area contributed by atoms with Crippen molar-refractivity contribution in [3.05, 3.63) is 65.0 Å². The smallest absolute Gasteiger partial charge is 0.419 e. The van der Waals surface area contributed by atoms with Crippen LogP contribution in [0.1, 0.15) is 61.1 Å². The first-order valence-corrected chi connectivity index (χ1v) is 10.3. The Hall–Kier alpha value is -3.16. The van der Waals surface area contributed by atoms with Gasteiger partial charge in [0.2, 0.25) is 0 Å². The molecule has 0 atom stereocenters. The van der Waals surface area contributed by atoms with E-state index < -0.39 is 23.5 Å². The molecular weight excluding hydrogens is 426 g/mol. The predicted molar refractivity (Wildman–Crippen MR) is 114 cm³/mol. The minimum absolute atomic E-state index is 0.128. The molecule has 170 valence electrons. The SMILES string of the molecule is C=NO/C(=C\CC(=O)O)c1ccc(-c2ccc(F)c(C(F)(F)F)c2)cc1C1CCCCC1. The highest BCUT2D eigenvalue weighted by Gasteiger charge is 2.34. The topological polar surface area (TPSA) is 58.9 Å². The number of rotatable bonds is 7. The molecule has 8 heteroatoms. The van der Waals surface area contributed by atoms with Crippen molar-refractivity contribution in [1.82, 2.24) is 0 Å². The highest BCUT2D eigenvalue weighted by Crippen LogP contribution is 2.40. The van der Waals surface area contributed by atoms with Crippen molar-refractivity contribution < 1.29 is 32.3 Å². The largest absolute Gasteiger partial charge is 0.481 e. The number of alkyl halides is 3. The van der Waals surface area contributed by atoms with Crippen LogP contribution in [0.5, 0.6) is 0 Å². The predicted octanol–water partition coefficient (Wildman–Crippen LogP) is 7.01. The summed E-state index contributed by atoms with van der Waals surface area (Å²) in [6.45, 7) is 3.30. The summed E-state index contributed by atoms with van der Waals surface area (Å²) < 4.78 is 53.3. The molecule has 0 amide bonds. The molecule has 1 N–H and O–H groups in total. The number of nitrogens with zero attached hydrogens (tertiary/aromatic N) is 1. The van der Waals surface area contributed by atoms with Crippen LogP contribution in [0.3, 0.4) is 0 Å². The van der Waals surface area contributed by atoms with Gasteiger partial charge in [0.05, 0.1) is 12.0 Å². The standard InChI is InChI=1S/C24H23F4NO3/c1-29-32-22(11-12-23(30)31)18-9-7-16(13-19(18)15-5-3-2-4-6-15)17-8-10-21(25)20(14-17)24(26,27)28/h7-11,13-15H,1-6,12H2,(H,30,31)/b22-11-. The third-order valence-electron chi connectivity index (χ3n) is 5.59. The maximum atomic E-state index is 13.7. The molecule has 0 aliphatic heterocycles. The minimum Gasteiger partial charge on any atom is -0.481 e. The molecule has 2 aromatic carbocycles. The van der Waals surface area contributed by atoms with E-state index in [0.717, 1.165) is 49.8 Å². The van der Waals surface area contributed by atoms with Gasteiger partial charge in [-0.3, -0.25) is 4.79 Å². The van der Waals surface area contributed by atoms with Crippen LogP contribution in [-0.4, -0.2) is 17.8 Å². The Labute approximate surface area is 183 Å². The van der Waals surface area contributed by atoms with E-state index in [1.54, 1.807) is 18.2 Å². The molecule has 0 spiro atoms. The summed E-state index contributed by atoms with van der Waals surface area (Å²) in [7, 11) is 0. The lowest BCUT2D eigenvalue weighted by atomic mass is 9.80. The highest BCUT2D eigenvalue weighted by atomic mass is 19.4. The second kappa shape index (κ2) is 9.97. The van der Waals surface area contributed by atoms with Crippen LogP contribution in [0.4, 0.5) is 17.6 Å². The Balaban J connectivity index is 2.12. The molecule has 4 nitrogen and oxygen atoms in total. The first-order valence-electron chi connectivity index (χ1n) is 10.3. The maximum Gasteiger partial charge on any atom is 0.419 e. The van der Waals surface area contributed by atoms with Gasteiger partial charge in [-0.1, -0.05) is 48.7 Å². The number of carbonyl (C=O) groups is 1. The third kappa shape index (κ3) is 5.55. The quantitative estimate of drug-likeness (QED) is 0.214. The van der Waals surface area contributed by atoms with Gasteiger partial charge in [0.25, 0.3) is 0 Å². The molecule has 32 heavy (non-hydrogen) atoms. The van der Waals surface area contributed by atoms with Gasteiger partial charge in [0.15, 0.2) is 5.76 Å². The zero-order valence-electron chi connectivity index (χ0n) is 17.3. The van der Waals surface area contributed by atoms with E-state index in [9.17, 15) is 22.4 Å². The first kappa shape index (κ1) is 23.5. The van der Waals surface area contributed by atoms with Crippen LogP contribution >= 0.6 is 0 Å². The number of carboxylic acids is 1. The number of benzene rings is 2. The van der Waals surface area contributed by atoms with Gasteiger partial charge in [-0.15, -0.1) is 0 Å². The number of hydrogen-bond donors (Lipinski definition) is 1. The fourth-order valence-corrected chi connectivity index (χ4v) is 4.09. The summed E-state index contributed by atoms with van der Waals surface area (Å²) >= 11 is 0. The van der Waals surface area contributed by atoms with Gasteiger partial charge in [0, 0.05) is 12.3 Å². The number of aliphatic carboxylic acids is 1. The van der Waals surface area contributed by atoms with Gasteiger partial charge in [-0.25, -0.2) is 4.39 Å². The fourth-order valence-electron chi connectivity index (χ4n) is 4.09. The van der Waals surface area contributed by atoms with Gasteiger partial charge in [0.1, 0.15) is 5.82 Å². The van der Waals surface area contributed by atoms with Gasteiger partial charge < -0.3 is 9.94 Å². The molecule has 1 aliphatic carbocycles. The minimum atomic E-state index is -4.80. The Morgan fingerprint density at radius 1 is 1.12 bits per heavy atom. The summed E-state index contributed by atoms with van der Waals surface area (Å²) in [5.74, 6) is -2.01. The van der Waals surface area contributed by atoms with Crippen LogP contribution in [0.15, 0.2) is 47.6 Å². The maximum absolute atomic E-state index is 13.7. The molecule has 0 aromatic heterocycles. The summed E-state index contributed by atoms with van der Waals surface area (Å²) in [5.41, 5.74) is 0.873. The lowest BCUT2D eigenvalue weighted by molar-refractivity contribution is -0.140. The number of carboxylic acid groups (broad SMARTS) is 1. The van der Waals surface area contributed by atoms with Crippen molar-refractivity contribution in [2.45, 2.75) is 50.6 Å². The Morgan fingerprint density at radius 2 is 1.78 bits per heavy atom. The second-order valence-corrected chi connectivity index (χ2v) is 7.72. The lowest BCUT2D eigenvalue weighted by Crippen LogP contribution is -2.09. The summed E-state index contributed by atoms with van der Waals surface area (Å²) in [4.78, 5) is 16.3. The molecule has 0 bridgehead atoms. The van der Waals surface area contributed by atoms with Crippen molar-refractivity contribution in [2.24, 2.45) is 5.16 Å². The van der Waals surface area contributed by atoms with Gasteiger partial charge in [-0.2, -0.15) is 13.2 Å². The van der Waals surface area contributed by atoms with Gasteiger partial charge in [-0.05, 0) is 53.7 Å². The average Bonchev–Trinajstić information content (AvgIpc) is 2.76. The zero-order chi connectivity index (χ0) is 23.3. The molecular formula is C24H23F4NO3. The molecule has 0 heterocycles. The van der Waals surface area contributed by atoms with Crippen LogP contribution in [0.2, 0.25) is 0 Å². The van der Waals surface area contributed by atoms with Crippen LogP contribution < -0.4 is 0 Å². The van der Waals surface area contributed by atoms with Crippen LogP contribution in [0.25, 0.3) is 16.9 Å². The monoisotopic (exact) mass is 449 g/mol. The van der Waals surface area contributed by atoms with Crippen molar-refractivity contribution in [3.8, 4) is 11.1 Å². The molecule has 0 saturated heterocycles. The summed E-state index contributed by atoms with van der Waals surface area (Å²) in [6, 6.07) is 7.99. The van der Waals surface area contributed by atoms with Crippen molar-refractivity contribution in [1.29, 1.82) is 0 Å². The van der Waals surface area contributed by atoms with Crippen LogP contribution in [-0.2, 0) is 15.8 Å². The van der Waals surface area contributed by atoms with E-state index in [4.69, 9.17) is 9.94 Å². The third-order valence-corrected chi connectivity index (χ3v) is 5.59. The molecule has 2 aromatic rings. The molecule has 1 fully saturated rings. The number of hydrogen-bond acceptors (Lipinski definition) is 3. The first-order chi connectivity index (χ1) is 15.2. The van der Waals surface area contributed by atoms with Crippen molar-refractivity contribution in [2.75, 3.05) is 0 Å². The molecule has 1 saturated carbocycles. The van der Waals surface area contributed by atoms with Crippen LogP contribution in [0, 0.1) is 5.82 Å². The van der Waals surface area contributed by atoms with Gasteiger partial charge >= 0.3 is 12.1 Å². The van der Waals surface area contributed by atoms with Crippen molar-refractivity contribution >= 4 is 18.4 Å². The van der Waals surface area contributed by atoms with E-state index >= 15 is 0 Å². The Morgan fingerprint density at radius 3 is 2.41 bits per heavy atom. The molecule has 0 radical (unpaired) electrons. The zero-order valence-corrected chi connectivity index (χ0v) is 17.3. The Bertz CT molecular complexity index is 1020. The average molecular weight is 449 g/mol. The lowest BCUT2D eigenvalue weighted by Gasteiger charge is -2.25. The fraction of sp³-hybridized carbons (Fsp3) is 0.333. The molecule has 0 unspecified atom stereocenters. The highest BCUT2D eigenvalue weighted by molar-refractivity contribution is 5.75.